The van der Waals surface area contributed by atoms with Crippen molar-refractivity contribution in [2.75, 3.05) is 13.1 Å². The zero-order valence-electron chi connectivity index (χ0n) is 25.8. The van der Waals surface area contributed by atoms with Crippen LogP contribution in [0.5, 0.6) is 0 Å². The van der Waals surface area contributed by atoms with E-state index >= 15 is 0 Å². The molecule has 1 N–H and O–H groups in total. The van der Waals surface area contributed by atoms with Gasteiger partial charge in [-0.3, -0.25) is 4.98 Å². The molecule has 6 rings (SSSR count). The van der Waals surface area contributed by atoms with E-state index < -0.39 is 23.3 Å². The number of alkyl carbamates (subject to hydrolysis) is 1. The zero-order chi connectivity index (χ0) is 31.2. The van der Waals surface area contributed by atoms with Gasteiger partial charge in [0.1, 0.15) is 17.2 Å². The number of benzene rings is 1. The van der Waals surface area contributed by atoms with Gasteiger partial charge in [0.25, 0.3) is 0 Å². The van der Waals surface area contributed by atoms with Gasteiger partial charge < -0.3 is 24.3 Å². The molecule has 1 aliphatic heterocycles. The molecule has 0 bridgehead atoms. The van der Waals surface area contributed by atoms with E-state index in [-0.39, 0.29) is 6.09 Å². The maximum absolute atomic E-state index is 13.3. The summed E-state index contributed by atoms with van der Waals surface area (Å²) in [6.07, 6.45) is 9.63. The summed E-state index contributed by atoms with van der Waals surface area (Å²) in [6.45, 7) is 8.67. The maximum Gasteiger partial charge on any atom is 0.410 e. The van der Waals surface area contributed by atoms with Crippen molar-refractivity contribution in [1.82, 2.24) is 24.8 Å². The number of pyridine rings is 1. The second-order valence-electron chi connectivity index (χ2n) is 13.0. The van der Waals surface area contributed by atoms with Gasteiger partial charge in [-0.1, -0.05) is 29.3 Å². The van der Waals surface area contributed by atoms with Gasteiger partial charge in [-0.15, -0.1) is 0 Å². The Kier molecular flexibility index (Phi) is 7.78. The normalized spacial score (nSPS) is 18.0. The predicted octanol–water partition coefficient (Wildman–Crippen LogP) is 7.18. The number of halogens is 1. The summed E-state index contributed by atoms with van der Waals surface area (Å²) < 4.78 is 13.3. The Labute approximate surface area is 262 Å². The number of rotatable bonds is 4. The zero-order valence-corrected chi connectivity index (χ0v) is 26.6. The minimum Gasteiger partial charge on any atom is -0.444 e. The lowest BCUT2D eigenvalue weighted by atomic mass is 9.86. The van der Waals surface area contributed by atoms with Crippen LogP contribution in [0.4, 0.5) is 9.59 Å². The van der Waals surface area contributed by atoms with E-state index in [0.29, 0.717) is 31.0 Å². The number of aromatic nitrogens is 3. The Morgan fingerprint density at radius 2 is 1.86 bits per heavy atom. The number of piperidine rings is 1. The van der Waals surface area contributed by atoms with Gasteiger partial charge in [-0.2, -0.15) is 0 Å². The molecule has 1 unspecified atom stereocenters. The van der Waals surface area contributed by atoms with Crippen molar-refractivity contribution in [3.63, 3.8) is 0 Å². The maximum atomic E-state index is 13.3. The first-order chi connectivity index (χ1) is 20.9. The molecule has 1 saturated carbocycles. The molecular formula is C34H38ClN5O4. The number of nitrogens with zero attached hydrogens (tertiary/aromatic N) is 4. The fourth-order valence-electron chi connectivity index (χ4n) is 5.83. The van der Waals surface area contributed by atoms with Crippen molar-refractivity contribution >= 4 is 41.0 Å². The fourth-order valence-corrected chi connectivity index (χ4v) is 6.00. The Hall–Kier alpha value is -4.11. The van der Waals surface area contributed by atoms with E-state index in [9.17, 15) is 9.59 Å². The van der Waals surface area contributed by atoms with Crippen LogP contribution in [0.15, 0.2) is 54.6 Å². The molecule has 3 heterocycles. The minimum atomic E-state index is -0.582. The van der Waals surface area contributed by atoms with Crippen LogP contribution >= 0.6 is 11.6 Å². The standard InChI is InChI=1S/C34H38ClN5O4/c1-33(2,3)44-32(42)40-15-10-21(11-16-40)28-24-9-8-23(35)18-25(24)26(17-22-7-6-14-37-29(22)28)30(27-19-36-20-39(27)5)38-31(41)43-34(4)12-13-34/h6-9,14,17-20,30H,10-13,15-16H2,1-5H3,(H,38,41). The highest BCUT2D eigenvalue weighted by atomic mass is 35.5. The van der Waals surface area contributed by atoms with Crippen LogP contribution in [0.1, 0.15) is 87.5 Å². The molecule has 2 amide bonds. The summed E-state index contributed by atoms with van der Waals surface area (Å²) in [4.78, 5) is 37.1. The van der Waals surface area contributed by atoms with E-state index in [1.165, 1.54) is 5.57 Å². The van der Waals surface area contributed by atoms with Gasteiger partial charge >= 0.3 is 12.2 Å². The minimum absolute atomic E-state index is 0.297. The molecule has 9 nitrogen and oxygen atoms in total. The van der Waals surface area contributed by atoms with Crippen molar-refractivity contribution < 1.29 is 19.1 Å². The fraction of sp³-hybridized carbons (Fsp3) is 0.412. The summed E-state index contributed by atoms with van der Waals surface area (Å²) in [5.41, 5.74) is 6.52. The molecule has 0 radical (unpaired) electrons. The Morgan fingerprint density at radius 3 is 2.52 bits per heavy atom. The average molecular weight is 616 g/mol. The highest BCUT2D eigenvalue weighted by Crippen LogP contribution is 2.45. The molecule has 1 saturated heterocycles. The molecule has 3 aromatic rings. The van der Waals surface area contributed by atoms with Crippen LogP contribution < -0.4 is 5.32 Å². The number of hydrogen-bond donors (Lipinski definition) is 1. The molecule has 1 aromatic carbocycles. The molecule has 0 spiro atoms. The lowest BCUT2D eigenvalue weighted by Gasteiger charge is -2.32. The van der Waals surface area contributed by atoms with Crippen molar-refractivity contribution in [2.45, 2.75) is 70.6 Å². The molecule has 44 heavy (non-hydrogen) atoms. The quantitative estimate of drug-likeness (QED) is 0.334. The van der Waals surface area contributed by atoms with Gasteiger partial charge in [0, 0.05) is 42.5 Å². The molecule has 1 atom stereocenters. The second-order valence-corrected chi connectivity index (χ2v) is 13.5. The van der Waals surface area contributed by atoms with Crippen LogP contribution in [-0.4, -0.2) is 55.9 Å². The largest absolute Gasteiger partial charge is 0.444 e. The van der Waals surface area contributed by atoms with E-state index in [0.717, 1.165) is 52.1 Å². The number of likely N-dealkylation sites (tertiary alicyclic amines) is 1. The number of nitrogens with one attached hydrogen (secondary N) is 1. The third kappa shape index (κ3) is 6.24. The number of aryl methyl sites for hydroxylation is 1. The summed E-state index contributed by atoms with van der Waals surface area (Å²) >= 11 is 6.66. The molecule has 2 fully saturated rings. The number of hydrogen-bond acceptors (Lipinski definition) is 6. The monoisotopic (exact) mass is 615 g/mol. The third-order valence-electron chi connectivity index (χ3n) is 8.34. The Bertz CT molecular complexity index is 1670. The summed E-state index contributed by atoms with van der Waals surface area (Å²) in [6, 6.07) is 9.23. The second kappa shape index (κ2) is 11.4. The van der Waals surface area contributed by atoms with Gasteiger partial charge in [-0.25, -0.2) is 14.6 Å². The topological polar surface area (TPSA) is 98.6 Å². The number of carbonyl (C=O) groups is 2. The molecule has 230 valence electrons. The van der Waals surface area contributed by atoms with E-state index in [4.69, 9.17) is 26.1 Å². The first-order valence-corrected chi connectivity index (χ1v) is 15.4. The molecule has 2 aliphatic carbocycles. The number of fused-ring (bicyclic) bond motifs is 2. The van der Waals surface area contributed by atoms with Crippen LogP contribution in [0.25, 0.3) is 17.2 Å². The predicted molar refractivity (Wildman–Crippen MR) is 170 cm³/mol. The van der Waals surface area contributed by atoms with Crippen LogP contribution in [-0.2, 0) is 16.5 Å². The van der Waals surface area contributed by atoms with Crippen LogP contribution in [0, 0.1) is 0 Å². The molecule has 2 aromatic heterocycles. The van der Waals surface area contributed by atoms with E-state index in [1.54, 1.807) is 23.6 Å². The molecule has 10 heteroatoms. The van der Waals surface area contributed by atoms with Crippen molar-refractivity contribution in [2.24, 2.45) is 7.05 Å². The van der Waals surface area contributed by atoms with Gasteiger partial charge in [0.15, 0.2) is 0 Å². The molecule has 3 aliphatic rings. The lowest BCUT2D eigenvalue weighted by molar-refractivity contribution is 0.0236. The highest BCUT2D eigenvalue weighted by molar-refractivity contribution is 6.31. The van der Waals surface area contributed by atoms with E-state index in [1.807, 2.05) is 69.6 Å². The summed E-state index contributed by atoms with van der Waals surface area (Å²) in [7, 11) is 1.90. The Morgan fingerprint density at radius 1 is 1.11 bits per heavy atom. The highest BCUT2D eigenvalue weighted by Gasteiger charge is 2.42. The molecular weight excluding hydrogens is 578 g/mol. The van der Waals surface area contributed by atoms with Gasteiger partial charge in [0.05, 0.1) is 23.9 Å². The third-order valence-corrected chi connectivity index (χ3v) is 8.57. The lowest BCUT2D eigenvalue weighted by Crippen LogP contribution is -2.40. The van der Waals surface area contributed by atoms with Crippen molar-refractivity contribution in [1.29, 1.82) is 0 Å². The summed E-state index contributed by atoms with van der Waals surface area (Å²) in [5.74, 6) is 0. The van der Waals surface area contributed by atoms with Gasteiger partial charge in [-0.05, 0) is 94.4 Å². The smallest absolute Gasteiger partial charge is 0.410 e. The number of amides is 2. The SMILES string of the molecule is Cn1cncc1C(NC(=O)OC1(C)CC1)C1=Cc2cccnc2C(=C2CCN(C(=O)OC(C)(C)C)CC2)c2ccc(Cl)cc21. The van der Waals surface area contributed by atoms with E-state index in [2.05, 4.69) is 16.4 Å². The van der Waals surface area contributed by atoms with Crippen LogP contribution in [0.3, 0.4) is 0 Å². The first-order valence-electron chi connectivity index (χ1n) is 15.0. The Balaban J connectivity index is 1.45. The van der Waals surface area contributed by atoms with Crippen molar-refractivity contribution in [3.05, 3.63) is 87.7 Å². The van der Waals surface area contributed by atoms with Crippen LogP contribution in [0.2, 0.25) is 5.02 Å². The first kappa shape index (κ1) is 29.9. The van der Waals surface area contributed by atoms with Crippen molar-refractivity contribution in [3.8, 4) is 0 Å². The summed E-state index contributed by atoms with van der Waals surface area (Å²) in [5, 5.41) is 3.73. The number of ether oxygens (including phenoxy) is 2. The average Bonchev–Trinajstić information content (AvgIpc) is 3.57. The number of carbonyl (C=O) groups excluding carboxylic acids is 2. The van der Waals surface area contributed by atoms with Gasteiger partial charge in [0.2, 0.25) is 0 Å². The number of imidazole rings is 1.